The molecule has 3 rings (SSSR count). The van der Waals surface area contributed by atoms with Gasteiger partial charge < -0.3 is 85.6 Å². The van der Waals surface area contributed by atoms with Gasteiger partial charge in [-0.3, -0.25) is 0 Å². The first-order chi connectivity index (χ1) is 17.8. The zero-order valence-corrected chi connectivity index (χ0v) is 19.9. The molecule has 0 amide bonds. The Balaban J connectivity index is 1.87. The number of ether oxygens (including phenoxy) is 5. The zero-order valence-electron chi connectivity index (χ0n) is 19.9. The molecule has 3 aliphatic heterocycles. The highest BCUT2D eigenvalue weighted by molar-refractivity contribution is 5.76. The Labute approximate surface area is 214 Å². The van der Waals surface area contributed by atoms with E-state index in [0.29, 0.717) is 0 Å². The largest absolute Gasteiger partial charge is 0.477 e. The third-order valence-electron chi connectivity index (χ3n) is 6.78. The third-order valence-corrected chi connectivity index (χ3v) is 6.78. The van der Waals surface area contributed by atoms with Crippen molar-refractivity contribution in [2.75, 3.05) is 19.8 Å². The fourth-order valence-electron chi connectivity index (χ4n) is 4.46. The molecule has 38 heavy (non-hydrogen) atoms. The van der Waals surface area contributed by atoms with Crippen molar-refractivity contribution in [3.05, 3.63) is 0 Å². The summed E-state index contributed by atoms with van der Waals surface area (Å²) in [6, 6.07) is -1.46. The van der Waals surface area contributed by atoms with Crippen LogP contribution in [0.3, 0.4) is 0 Å². The van der Waals surface area contributed by atoms with Crippen LogP contribution in [-0.2, 0) is 28.5 Å². The summed E-state index contributed by atoms with van der Waals surface area (Å²) in [6.45, 7) is -2.35. The van der Waals surface area contributed by atoms with Gasteiger partial charge in [-0.25, -0.2) is 4.79 Å². The molecule has 0 aromatic carbocycles. The van der Waals surface area contributed by atoms with Crippen molar-refractivity contribution in [3.63, 3.8) is 0 Å². The van der Waals surface area contributed by atoms with Crippen LogP contribution in [0, 0.1) is 0 Å². The molecule has 0 aliphatic carbocycles. The smallest absolute Gasteiger partial charge is 0.364 e. The summed E-state index contributed by atoms with van der Waals surface area (Å²) in [4.78, 5) is 12.3. The van der Waals surface area contributed by atoms with Gasteiger partial charge in [-0.2, -0.15) is 0 Å². The van der Waals surface area contributed by atoms with E-state index in [-0.39, 0.29) is 0 Å². The van der Waals surface area contributed by atoms with Gasteiger partial charge in [-0.05, 0) is 0 Å². The van der Waals surface area contributed by atoms with Crippen molar-refractivity contribution in [1.29, 1.82) is 0 Å². The second-order valence-corrected chi connectivity index (χ2v) is 9.40. The number of carboxylic acids is 1. The second kappa shape index (κ2) is 12.6. The van der Waals surface area contributed by atoms with Gasteiger partial charge in [0.2, 0.25) is 0 Å². The van der Waals surface area contributed by atoms with E-state index in [1.807, 2.05) is 0 Å². The Morgan fingerprint density at radius 2 is 1.68 bits per heavy atom. The summed E-state index contributed by atoms with van der Waals surface area (Å²) < 4.78 is 26.5. The molecule has 0 unspecified atom stereocenters. The Kier molecular flexibility index (Phi) is 10.4. The van der Waals surface area contributed by atoms with Crippen LogP contribution in [0.15, 0.2) is 0 Å². The molecule has 3 fully saturated rings. The van der Waals surface area contributed by atoms with E-state index in [9.17, 15) is 55.9 Å². The highest BCUT2D eigenvalue weighted by Crippen LogP contribution is 2.37. The van der Waals surface area contributed by atoms with E-state index in [4.69, 9.17) is 34.5 Å². The van der Waals surface area contributed by atoms with Gasteiger partial charge >= 0.3 is 5.97 Å². The average molecular weight is 561 g/mol. The Morgan fingerprint density at radius 3 is 2.26 bits per heavy atom. The minimum atomic E-state index is -2.89. The van der Waals surface area contributed by atoms with Crippen LogP contribution in [0.25, 0.3) is 0 Å². The summed E-state index contributed by atoms with van der Waals surface area (Å²) in [6.07, 6.45) is -24.2. The Bertz CT molecular complexity index is 793. The molecule has 18 nitrogen and oxygen atoms in total. The fraction of sp³-hybridized carbons (Fsp3) is 0.950. The van der Waals surface area contributed by atoms with Crippen LogP contribution in [0.4, 0.5) is 0 Å². The van der Waals surface area contributed by atoms with Crippen molar-refractivity contribution in [1.82, 2.24) is 0 Å². The first-order valence-corrected chi connectivity index (χ1v) is 11.7. The molecular weight excluding hydrogens is 526 g/mol. The number of carbonyl (C=O) groups is 1. The summed E-state index contributed by atoms with van der Waals surface area (Å²) >= 11 is 0. The number of aliphatic hydroxyl groups excluding tert-OH is 10. The summed E-state index contributed by atoms with van der Waals surface area (Å²) in [7, 11) is 0. The summed E-state index contributed by atoms with van der Waals surface area (Å²) in [5, 5.41) is 110. The number of aliphatic hydroxyl groups is 10. The molecule has 3 aliphatic rings. The molecule has 3 saturated heterocycles. The molecule has 0 aromatic heterocycles. The lowest BCUT2D eigenvalue weighted by atomic mass is 9.88. The lowest BCUT2D eigenvalue weighted by molar-refractivity contribution is -0.379. The van der Waals surface area contributed by atoms with Gasteiger partial charge in [-0.15, -0.1) is 0 Å². The molecule has 0 spiro atoms. The van der Waals surface area contributed by atoms with Crippen molar-refractivity contribution in [3.8, 4) is 0 Å². The average Bonchev–Trinajstić information content (AvgIpc) is 2.89. The second-order valence-electron chi connectivity index (χ2n) is 9.40. The van der Waals surface area contributed by atoms with Crippen LogP contribution < -0.4 is 5.73 Å². The minimum absolute atomic E-state index is 0.483. The molecule has 0 bridgehead atoms. The van der Waals surface area contributed by atoms with Gasteiger partial charge in [0.05, 0.1) is 32.0 Å². The van der Waals surface area contributed by atoms with E-state index < -0.39 is 124 Å². The number of aliphatic carboxylic acids is 1. The Morgan fingerprint density at radius 1 is 1.03 bits per heavy atom. The van der Waals surface area contributed by atoms with Crippen LogP contribution in [0.5, 0.6) is 0 Å². The number of nitrogens with two attached hydrogens (primary N) is 1. The van der Waals surface area contributed by atoms with E-state index in [1.165, 1.54) is 0 Å². The van der Waals surface area contributed by atoms with Crippen molar-refractivity contribution < 1.29 is 84.7 Å². The molecule has 18 heteroatoms. The number of hydrogen-bond donors (Lipinski definition) is 12. The highest BCUT2D eigenvalue weighted by Gasteiger charge is 2.59. The number of rotatable bonds is 9. The molecule has 222 valence electrons. The van der Waals surface area contributed by atoms with Crippen LogP contribution in [0.2, 0.25) is 0 Å². The predicted molar refractivity (Wildman–Crippen MR) is 114 cm³/mol. The topological polar surface area (TPSA) is 312 Å². The van der Waals surface area contributed by atoms with E-state index >= 15 is 0 Å². The van der Waals surface area contributed by atoms with Gasteiger partial charge in [0.25, 0.3) is 5.79 Å². The first kappa shape index (κ1) is 31.4. The first-order valence-electron chi connectivity index (χ1n) is 11.7. The molecule has 0 radical (unpaired) electrons. The quantitative estimate of drug-likeness (QED) is 0.124. The molecule has 15 atom stereocenters. The Hall–Kier alpha value is -1.17. The van der Waals surface area contributed by atoms with Crippen LogP contribution >= 0.6 is 0 Å². The van der Waals surface area contributed by atoms with Crippen molar-refractivity contribution >= 4 is 5.97 Å². The van der Waals surface area contributed by atoms with Crippen LogP contribution in [0.1, 0.15) is 6.42 Å². The summed E-state index contributed by atoms with van der Waals surface area (Å²) in [5.41, 5.74) is 5.81. The maximum atomic E-state index is 12.3. The normalized spacial score (nSPS) is 47.9. The van der Waals surface area contributed by atoms with Gasteiger partial charge in [-0.1, -0.05) is 0 Å². The van der Waals surface area contributed by atoms with Gasteiger partial charge in [0.15, 0.2) is 12.6 Å². The van der Waals surface area contributed by atoms with E-state index in [0.717, 1.165) is 0 Å². The summed E-state index contributed by atoms with van der Waals surface area (Å²) in [5.74, 6) is -4.78. The highest BCUT2D eigenvalue weighted by atomic mass is 16.8. The molecule has 0 aromatic rings. The van der Waals surface area contributed by atoms with Crippen LogP contribution in [-0.4, -0.2) is 174 Å². The number of hydrogen-bond acceptors (Lipinski definition) is 17. The monoisotopic (exact) mass is 561 g/mol. The predicted octanol–water partition coefficient (Wildman–Crippen LogP) is -7.76. The van der Waals surface area contributed by atoms with Gasteiger partial charge in [0.1, 0.15) is 61.0 Å². The lowest BCUT2D eigenvalue weighted by Gasteiger charge is -2.49. The maximum Gasteiger partial charge on any atom is 0.364 e. The molecule has 3 heterocycles. The van der Waals surface area contributed by atoms with Gasteiger partial charge in [0, 0.05) is 6.42 Å². The standard InChI is InChI=1S/C20H35NO17/c21-9-5(24)1-20(19(32)33,37-15(9)10(26)6(25)2-22)38-16-12(28)7(3-23)35-18(14(16)30)36-8-4-34-17(31)13(29)11(8)27/h5-18,22-31H,1-4,21H2,(H,32,33)/t5-,6+,7+,8+,9+,10+,11-,12-,13+,14+,15+,16-,17+,18-,20-/m0/s1. The molecule has 0 saturated carbocycles. The van der Waals surface area contributed by atoms with E-state index in [2.05, 4.69) is 0 Å². The SMILES string of the molecule is N[C@H]1[C@H]([C@H](O)[C@H](O)CO)O[C@@](O[C@H]2[C@@H](O)[C@@H](CO)O[C@@H](O[C@@H]3CO[C@@H](O)[C@H](O)[C@H]3O)[C@@H]2O)(C(=O)O)C[C@@H]1O. The third kappa shape index (κ3) is 6.10. The molecule has 13 N–H and O–H groups in total. The fourth-order valence-corrected chi connectivity index (χ4v) is 4.46. The van der Waals surface area contributed by atoms with Crippen molar-refractivity contribution in [2.24, 2.45) is 5.73 Å². The zero-order chi connectivity index (χ0) is 28.5. The van der Waals surface area contributed by atoms with Crippen molar-refractivity contribution in [2.45, 2.75) is 98.0 Å². The number of carboxylic acid groups (broad SMARTS) is 1. The lowest BCUT2D eigenvalue weighted by Crippen LogP contribution is -2.69. The minimum Gasteiger partial charge on any atom is -0.477 e. The van der Waals surface area contributed by atoms with E-state index in [1.54, 1.807) is 0 Å². The molecular formula is C20H35NO17. The maximum absolute atomic E-state index is 12.3.